The Balaban J connectivity index is 2.63. The monoisotopic (exact) mass is 268 g/mol. The average Bonchev–Trinajstić information content (AvgIpc) is 2.39. The maximum atomic E-state index is 11.5. The van der Waals surface area contributed by atoms with Crippen molar-refractivity contribution in [3.05, 3.63) is 29.6 Å². The van der Waals surface area contributed by atoms with Gasteiger partial charge in [-0.1, -0.05) is 0 Å². The Morgan fingerprint density at radius 3 is 2.67 bits per heavy atom. The summed E-state index contributed by atoms with van der Waals surface area (Å²) in [5.74, 6) is 0.120. The second kappa shape index (κ2) is 7.00. The number of pyridine rings is 1. The first kappa shape index (κ1) is 14.5. The second-order valence-corrected chi connectivity index (χ2v) is 4.20. The number of methoxy groups -OCH3 is 1. The van der Waals surface area contributed by atoms with Gasteiger partial charge in [-0.3, -0.25) is 9.78 Å². The fourth-order valence-electron chi connectivity index (χ4n) is 1.37. The van der Waals surface area contributed by atoms with Gasteiger partial charge in [-0.25, -0.2) is 4.79 Å². The molecule has 0 aromatic carbocycles. The number of amides is 1. The molecular weight excluding hydrogens is 252 g/mol. The quantitative estimate of drug-likeness (QED) is 0.643. The standard InChI is InChI=1S/C12H16N2O3S/c1-14(11(15)5-6-18)8-10-4-3-9(7-13-10)12(16)17-2/h3-4,7,18H,5-6,8H2,1-2H3. The molecule has 1 aromatic heterocycles. The van der Waals surface area contributed by atoms with Crippen molar-refractivity contribution in [2.75, 3.05) is 19.9 Å². The van der Waals surface area contributed by atoms with Gasteiger partial charge in [0.05, 0.1) is 24.9 Å². The second-order valence-electron chi connectivity index (χ2n) is 3.75. The highest BCUT2D eigenvalue weighted by Gasteiger charge is 2.10. The first-order valence-electron chi connectivity index (χ1n) is 5.46. The van der Waals surface area contributed by atoms with Crippen molar-refractivity contribution < 1.29 is 14.3 Å². The summed E-state index contributed by atoms with van der Waals surface area (Å²) in [5, 5.41) is 0. The minimum absolute atomic E-state index is 0.0174. The molecule has 1 aromatic rings. The summed E-state index contributed by atoms with van der Waals surface area (Å²) in [6.07, 6.45) is 1.85. The van der Waals surface area contributed by atoms with Gasteiger partial charge in [0, 0.05) is 19.7 Å². The van der Waals surface area contributed by atoms with E-state index >= 15 is 0 Å². The number of aromatic nitrogens is 1. The van der Waals surface area contributed by atoms with Crippen molar-refractivity contribution in [1.29, 1.82) is 0 Å². The van der Waals surface area contributed by atoms with Crippen molar-refractivity contribution in [3.63, 3.8) is 0 Å². The van der Waals surface area contributed by atoms with Crippen LogP contribution in [0.4, 0.5) is 0 Å². The Hall–Kier alpha value is -1.56. The lowest BCUT2D eigenvalue weighted by molar-refractivity contribution is -0.130. The summed E-state index contributed by atoms with van der Waals surface area (Å²) in [6.45, 7) is 0.411. The maximum absolute atomic E-state index is 11.5. The van der Waals surface area contributed by atoms with E-state index in [2.05, 4.69) is 22.3 Å². The zero-order valence-electron chi connectivity index (χ0n) is 10.4. The summed E-state index contributed by atoms with van der Waals surface area (Å²) in [5.41, 5.74) is 1.11. The van der Waals surface area contributed by atoms with Crippen LogP contribution in [0.3, 0.4) is 0 Å². The smallest absolute Gasteiger partial charge is 0.339 e. The van der Waals surface area contributed by atoms with Crippen LogP contribution in [0.15, 0.2) is 18.3 Å². The van der Waals surface area contributed by atoms with E-state index in [4.69, 9.17) is 0 Å². The number of thiol groups is 1. The summed E-state index contributed by atoms with van der Waals surface area (Å²) in [7, 11) is 3.03. The Labute approximate surface area is 112 Å². The predicted octanol–water partition coefficient (Wildman–Crippen LogP) is 1.15. The first-order chi connectivity index (χ1) is 8.58. The van der Waals surface area contributed by atoms with E-state index in [-0.39, 0.29) is 5.91 Å². The lowest BCUT2D eigenvalue weighted by Crippen LogP contribution is -2.26. The van der Waals surface area contributed by atoms with Crippen LogP contribution < -0.4 is 0 Å². The number of ether oxygens (including phenoxy) is 1. The highest BCUT2D eigenvalue weighted by molar-refractivity contribution is 7.80. The van der Waals surface area contributed by atoms with Crippen molar-refractivity contribution in [2.24, 2.45) is 0 Å². The van der Waals surface area contributed by atoms with E-state index in [0.29, 0.717) is 24.3 Å². The number of carbonyl (C=O) groups excluding carboxylic acids is 2. The molecule has 0 saturated heterocycles. The molecule has 0 fully saturated rings. The molecule has 0 atom stereocenters. The van der Waals surface area contributed by atoms with Gasteiger partial charge in [-0.2, -0.15) is 12.6 Å². The molecule has 0 spiro atoms. The third kappa shape index (κ3) is 4.03. The topological polar surface area (TPSA) is 59.5 Å². The van der Waals surface area contributed by atoms with Crippen molar-refractivity contribution >= 4 is 24.5 Å². The third-order valence-corrected chi connectivity index (χ3v) is 2.62. The lowest BCUT2D eigenvalue weighted by Gasteiger charge is -2.16. The zero-order valence-corrected chi connectivity index (χ0v) is 11.3. The van der Waals surface area contributed by atoms with Crippen LogP contribution in [-0.2, 0) is 16.1 Å². The van der Waals surface area contributed by atoms with Crippen LogP contribution in [0.5, 0.6) is 0 Å². The van der Waals surface area contributed by atoms with Gasteiger partial charge in [0.1, 0.15) is 0 Å². The fourth-order valence-corrected chi connectivity index (χ4v) is 1.57. The first-order valence-corrected chi connectivity index (χ1v) is 6.09. The Bertz CT molecular complexity index is 420. The van der Waals surface area contributed by atoms with Crippen LogP contribution in [0.25, 0.3) is 0 Å². The molecule has 0 bridgehead atoms. The Morgan fingerprint density at radius 2 is 2.17 bits per heavy atom. The minimum Gasteiger partial charge on any atom is -0.465 e. The van der Waals surface area contributed by atoms with Crippen molar-refractivity contribution in [3.8, 4) is 0 Å². The van der Waals surface area contributed by atoms with Gasteiger partial charge >= 0.3 is 5.97 Å². The molecule has 5 nitrogen and oxygen atoms in total. The van der Waals surface area contributed by atoms with Gasteiger partial charge in [0.25, 0.3) is 0 Å². The molecular formula is C12H16N2O3S. The van der Waals surface area contributed by atoms with Gasteiger partial charge < -0.3 is 9.64 Å². The van der Waals surface area contributed by atoms with Gasteiger partial charge in [-0.15, -0.1) is 0 Å². The number of nitrogens with zero attached hydrogens (tertiary/aromatic N) is 2. The van der Waals surface area contributed by atoms with Crippen LogP contribution in [0.1, 0.15) is 22.5 Å². The van der Waals surface area contributed by atoms with E-state index in [9.17, 15) is 9.59 Å². The van der Waals surface area contributed by atoms with Crippen molar-refractivity contribution in [1.82, 2.24) is 9.88 Å². The molecule has 1 heterocycles. The number of esters is 1. The number of carbonyl (C=O) groups is 2. The highest BCUT2D eigenvalue weighted by Crippen LogP contribution is 2.05. The highest BCUT2D eigenvalue weighted by atomic mass is 32.1. The molecule has 0 radical (unpaired) electrons. The molecule has 18 heavy (non-hydrogen) atoms. The molecule has 0 aliphatic rings. The molecule has 1 amide bonds. The molecule has 0 aliphatic heterocycles. The molecule has 98 valence electrons. The number of rotatable bonds is 5. The van der Waals surface area contributed by atoms with E-state index in [1.165, 1.54) is 13.3 Å². The Kier molecular flexibility index (Phi) is 5.64. The summed E-state index contributed by atoms with van der Waals surface area (Å²) >= 11 is 4.01. The summed E-state index contributed by atoms with van der Waals surface area (Å²) in [4.78, 5) is 28.4. The van der Waals surface area contributed by atoms with Gasteiger partial charge in [0.15, 0.2) is 0 Å². The van der Waals surface area contributed by atoms with Crippen LogP contribution in [0.2, 0.25) is 0 Å². The molecule has 0 saturated carbocycles. The SMILES string of the molecule is COC(=O)c1ccc(CN(C)C(=O)CCS)nc1. The fraction of sp³-hybridized carbons (Fsp3) is 0.417. The predicted molar refractivity (Wildman–Crippen MR) is 70.5 cm³/mol. The largest absolute Gasteiger partial charge is 0.465 e. The molecule has 1 rings (SSSR count). The third-order valence-electron chi connectivity index (χ3n) is 2.40. The average molecular weight is 268 g/mol. The van der Waals surface area contributed by atoms with Gasteiger partial charge in [-0.05, 0) is 17.9 Å². The number of hydrogen-bond acceptors (Lipinski definition) is 5. The van der Waals surface area contributed by atoms with Crippen LogP contribution in [0, 0.1) is 0 Å². The summed E-state index contributed by atoms with van der Waals surface area (Å²) in [6, 6.07) is 3.34. The maximum Gasteiger partial charge on any atom is 0.339 e. The Morgan fingerprint density at radius 1 is 1.44 bits per heavy atom. The van der Waals surface area contributed by atoms with Crippen LogP contribution >= 0.6 is 12.6 Å². The molecule has 0 unspecified atom stereocenters. The van der Waals surface area contributed by atoms with E-state index in [1.807, 2.05) is 0 Å². The molecule has 6 heteroatoms. The normalized spacial score (nSPS) is 9.94. The minimum atomic E-state index is -0.423. The molecule has 0 N–H and O–H groups in total. The van der Waals surface area contributed by atoms with E-state index in [1.54, 1.807) is 24.1 Å². The van der Waals surface area contributed by atoms with Crippen molar-refractivity contribution in [2.45, 2.75) is 13.0 Å². The summed E-state index contributed by atoms with van der Waals surface area (Å²) < 4.78 is 4.58. The molecule has 0 aliphatic carbocycles. The lowest BCUT2D eigenvalue weighted by atomic mass is 10.2. The van der Waals surface area contributed by atoms with E-state index in [0.717, 1.165) is 5.69 Å². The van der Waals surface area contributed by atoms with E-state index < -0.39 is 5.97 Å². The van der Waals surface area contributed by atoms with Gasteiger partial charge in [0.2, 0.25) is 5.91 Å². The van der Waals surface area contributed by atoms with Crippen LogP contribution in [-0.4, -0.2) is 41.7 Å². The number of hydrogen-bond donors (Lipinski definition) is 1. The zero-order chi connectivity index (χ0) is 13.5.